The number of nitrogens with zero attached hydrogens (tertiary/aromatic N) is 2. The zero-order valence-corrected chi connectivity index (χ0v) is 15.6. The summed E-state index contributed by atoms with van der Waals surface area (Å²) in [5.74, 6) is 0.129. The van der Waals surface area contributed by atoms with E-state index in [0.29, 0.717) is 44.3 Å². The highest BCUT2D eigenvalue weighted by molar-refractivity contribution is 6.00. The molecule has 28 heavy (non-hydrogen) atoms. The Balaban J connectivity index is 1.50. The second kappa shape index (κ2) is 7.66. The number of alkyl halides is 2. The van der Waals surface area contributed by atoms with Gasteiger partial charge in [-0.3, -0.25) is 9.59 Å². The van der Waals surface area contributed by atoms with Gasteiger partial charge in [0.05, 0.1) is 5.56 Å². The Kier molecular flexibility index (Phi) is 5.23. The minimum absolute atomic E-state index is 0.0558. The molecule has 4 rings (SSSR count). The Morgan fingerprint density at radius 2 is 1.93 bits per heavy atom. The van der Waals surface area contributed by atoms with Crippen molar-refractivity contribution in [3.8, 4) is 5.75 Å². The highest BCUT2D eigenvalue weighted by Gasteiger charge is 2.45. The van der Waals surface area contributed by atoms with Gasteiger partial charge in [0.15, 0.2) is 0 Å². The molecule has 1 aromatic carbocycles. The van der Waals surface area contributed by atoms with Gasteiger partial charge in [0.2, 0.25) is 5.91 Å². The molecule has 3 aliphatic rings. The molecule has 0 spiro atoms. The summed E-state index contributed by atoms with van der Waals surface area (Å²) < 4.78 is 29.8. The standard InChI is InChI=1S/C20H25F2N3O3/c21-20(22)28-17-6-2-1-4-13(17)18(26)25-9-3-5-16(25)19(27)24-10-12-7-8-15(23)14(12)11-24/h1-2,4,6,12,14-16,20H,3,5,7-11,23H2. The SMILES string of the molecule is NC1CCC2CN(C(=O)C3CCCN3C(=O)c3ccccc3OC(F)F)CC12. The van der Waals surface area contributed by atoms with Crippen LogP contribution in [0.15, 0.2) is 24.3 Å². The van der Waals surface area contributed by atoms with Gasteiger partial charge < -0.3 is 20.3 Å². The number of fused-ring (bicyclic) bond motifs is 1. The molecule has 2 aliphatic heterocycles. The van der Waals surface area contributed by atoms with Crippen LogP contribution in [0.4, 0.5) is 8.78 Å². The number of carbonyl (C=O) groups excluding carboxylic acids is 2. The predicted molar refractivity (Wildman–Crippen MR) is 97.9 cm³/mol. The van der Waals surface area contributed by atoms with Crippen molar-refractivity contribution in [3.63, 3.8) is 0 Å². The summed E-state index contributed by atoms with van der Waals surface area (Å²) >= 11 is 0. The number of hydrogen-bond acceptors (Lipinski definition) is 4. The normalized spacial score (nSPS) is 29.4. The lowest BCUT2D eigenvalue weighted by Crippen LogP contribution is -2.47. The van der Waals surface area contributed by atoms with Crippen LogP contribution in [0.5, 0.6) is 5.75 Å². The Hall–Kier alpha value is -2.22. The number of hydrogen-bond donors (Lipinski definition) is 1. The number of benzene rings is 1. The fourth-order valence-electron chi connectivity index (χ4n) is 4.96. The smallest absolute Gasteiger partial charge is 0.387 e. The van der Waals surface area contributed by atoms with Crippen LogP contribution in [-0.2, 0) is 4.79 Å². The van der Waals surface area contributed by atoms with Crippen molar-refractivity contribution in [2.24, 2.45) is 17.6 Å². The topological polar surface area (TPSA) is 75.9 Å². The fraction of sp³-hybridized carbons (Fsp3) is 0.600. The first-order valence-electron chi connectivity index (χ1n) is 9.85. The third-order valence-electron chi connectivity index (χ3n) is 6.36. The van der Waals surface area contributed by atoms with Crippen molar-refractivity contribution in [1.82, 2.24) is 9.80 Å². The molecule has 2 N–H and O–H groups in total. The molecule has 1 aromatic rings. The average molecular weight is 393 g/mol. The van der Waals surface area contributed by atoms with Gasteiger partial charge in [0.25, 0.3) is 5.91 Å². The number of ether oxygens (including phenoxy) is 1. The summed E-state index contributed by atoms with van der Waals surface area (Å²) in [6.07, 6.45) is 3.34. The zero-order chi connectivity index (χ0) is 19.8. The first-order valence-corrected chi connectivity index (χ1v) is 9.85. The van der Waals surface area contributed by atoms with Crippen LogP contribution in [0.1, 0.15) is 36.0 Å². The Morgan fingerprint density at radius 1 is 1.14 bits per heavy atom. The monoisotopic (exact) mass is 393 g/mol. The van der Waals surface area contributed by atoms with Crippen LogP contribution in [0.2, 0.25) is 0 Å². The lowest BCUT2D eigenvalue weighted by atomic mass is 9.98. The van der Waals surface area contributed by atoms with Crippen LogP contribution in [0.25, 0.3) is 0 Å². The molecule has 1 saturated carbocycles. The van der Waals surface area contributed by atoms with Gasteiger partial charge in [-0.25, -0.2) is 0 Å². The summed E-state index contributed by atoms with van der Waals surface area (Å²) in [7, 11) is 0. The van der Waals surface area contributed by atoms with Crippen molar-refractivity contribution < 1.29 is 23.1 Å². The van der Waals surface area contributed by atoms with E-state index < -0.39 is 18.6 Å². The number of halogens is 2. The molecule has 2 heterocycles. The first-order chi connectivity index (χ1) is 13.5. The number of amides is 2. The number of nitrogens with two attached hydrogens (primary N) is 1. The summed E-state index contributed by atoms with van der Waals surface area (Å²) in [4.78, 5) is 29.5. The van der Waals surface area contributed by atoms with E-state index in [1.165, 1.54) is 23.1 Å². The molecule has 2 amide bonds. The summed E-state index contributed by atoms with van der Waals surface area (Å²) in [6.45, 7) is -1.24. The van der Waals surface area contributed by atoms with E-state index >= 15 is 0 Å². The third-order valence-corrected chi connectivity index (χ3v) is 6.36. The lowest BCUT2D eigenvalue weighted by Gasteiger charge is -2.29. The molecule has 0 aromatic heterocycles. The molecule has 8 heteroatoms. The van der Waals surface area contributed by atoms with Gasteiger partial charge in [-0.2, -0.15) is 8.78 Å². The predicted octanol–water partition coefficient (Wildman–Crippen LogP) is 2.09. The third kappa shape index (κ3) is 3.45. The van der Waals surface area contributed by atoms with E-state index in [1.54, 1.807) is 6.07 Å². The van der Waals surface area contributed by atoms with Crippen LogP contribution in [0, 0.1) is 11.8 Å². The highest BCUT2D eigenvalue weighted by atomic mass is 19.3. The molecular weight excluding hydrogens is 368 g/mol. The maximum Gasteiger partial charge on any atom is 0.387 e. The van der Waals surface area contributed by atoms with Crippen LogP contribution in [-0.4, -0.2) is 59.9 Å². The lowest BCUT2D eigenvalue weighted by molar-refractivity contribution is -0.134. The van der Waals surface area contributed by atoms with E-state index in [9.17, 15) is 18.4 Å². The molecule has 4 unspecified atom stereocenters. The largest absolute Gasteiger partial charge is 0.434 e. The van der Waals surface area contributed by atoms with E-state index in [2.05, 4.69) is 4.74 Å². The molecule has 3 fully saturated rings. The van der Waals surface area contributed by atoms with Crippen LogP contribution < -0.4 is 10.5 Å². The maximum absolute atomic E-state index is 13.1. The minimum atomic E-state index is -3.02. The first kappa shape index (κ1) is 19.1. The second-order valence-corrected chi connectivity index (χ2v) is 7.94. The van der Waals surface area contributed by atoms with Crippen molar-refractivity contribution in [2.45, 2.75) is 44.4 Å². The molecular formula is C20H25F2N3O3. The van der Waals surface area contributed by atoms with E-state index in [1.807, 2.05) is 4.90 Å². The van der Waals surface area contributed by atoms with E-state index in [-0.39, 0.29) is 23.3 Å². The Bertz CT molecular complexity index is 760. The van der Waals surface area contributed by atoms with Gasteiger partial charge in [0.1, 0.15) is 11.8 Å². The molecule has 6 nitrogen and oxygen atoms in total. The average Bonchev–Trinajstić information content (AvgIpc) is 3.38. The van der Waals surface area contributed by atoms with Crippen molar-refractivity contribution in [3.05, 3.63) is 29.8 Å². The van der Waals surface area contributed by atoms with Crippen LogP contribution >= 0.6 is 0 Å². The van der Waals surface area contributed by atoms with E-state index in [0.717, 1.165) is 12.8 Å². The Labute approximate surface area is 162 Å². The van der Waals surface area contributed by atoms with Crippen molar-refractivity contribution in [1.29, 1.82) is 0 Å². The Morgan fingerprint density at radius 3 is 2.68 bits per heavy atom. The van der Waals surface area contributed by atoms with Crippen molar-refractivity contribution >= 4 is 11.8 Å². The quantitative estimate of drug-likeness (QED) is 0.850. The summed E-state index contributed by atoms with van der Waals surface area (Å²) in [6, 6.07) is 5.52. The van der Waals surface area contributed by atoms with Gasteiger partial charge >= 0.3 is 6.61 Å². The zero-order valence-electron chi connectivity index (χ0n) is 15.6. The molecule has 2 saturated heterocycles. The number of carbonyl (C=O) groups is 2. The number of likely N-dealkylation sites (tertiary alicyclic amines) is 2. The number of para-hydroxylation sites is 1. The van der Waals surface area contributed by atoms with Crippen molar-refractivity contribution in [2.75, 3.05) is 19.6 Å². The molecule has 4 atom stereocenters. The molecule has 0 radical (unpaired) electrons. The van der Waals surface area contributed by atoms with Crippen LogP contribution in [0.3, 0.4) is 0 Å². The van der Waals surface area contributed by atoms with Gasteiger partial charge in [0, 0.05) is 25.7 Å². The number of rotatable bonds is 4. The second-order valence-electron chi connectivity index (χ2n) is 7.94. The maximum atomic E-state index is 13.1. The van der Waals surface area contributed by atoms with Gasteiger partial charge in [-0.1, -0.05) is 12.1 Å². The van der Waals surface area contributed by atoms with E-state index in [4.69, 9.17) is 5.73 Å². The summed E-state index contributed by atoms with van der Waals surface area (Å²) in [5, 5.41) is 0. The summed E-state index contributed by atoms with van der Waals surface area (Å²) in [5.41, 5.74) is 6.22. The van der Waals surface area contributed by atoms with Gasteiger partial charge in [-0.05, 0) is 49.7 Å². The highest BCUT2D eigenvalue weighted by Crippen LogP contribution is 2.38. The molecule has 0 bridgehead atoms. The molecule has 1 aliphatic carbocycles. The fourth-order valence-corrected chi connectivity index (χ4v) is 4.96. The van der Waals surface area contributed by atoms with Gasteiger partial charge in [-0.15, -0.1) is 0 Å². The molecule has 152 valence electrons. The minimum Gasteiger partial charge on any atom is -0.434 e.